The van der Waals surface area contributed by atoms with Crippen molar-refractivity contribution in [2.75, 3.05) is 24.5 Å². The summed E-state index contributed by atoms with van der Waals surface area (Å²) in [7, 11) is 0. The van der Waals surface area contributed by atoms with Gasteiger partial charge in [-0.15, -0.1) is 0 Å². The molecule has 2 atom stereocenters. The maximum atomic E-state index is 14.8. The second-order valence-corrected chi connectivity index (χ2v) is 11.4. The van der Waals surface area contributed by atoms with Crippen molar-refractivity contribution in [3.63, 3.8) is 0 Å². The molecule has 0 radical (unpaired) electrons. The van der Waals surface area contributed by atoms with Crippen LogP contribution in [0.3, 0.4) is 0 Å². The van der Waals surface area contributed by atoms with Crippen molar-refractivity contribution in [3.8, 4) is 0 Å². The Morgan fingerprint density at radius 3 is 2.49 bits per heavy atom. The predicted molar refractivity (Wildman–Crippen MR) is 156 cm³/mol. The number of halogens is 2. The number of ether oxygens (including phenoxy) is 2. The predicted octanol–water partition coefficient (Wildman–Crippen LogP) is 6.64. The topological polar surface area (TPSA) is 96.4 Å². The third-order valence-electron chi connectivity index (χ3n) is 6.97. The number of allylic oxidation sites excluding steroid dienone is 2. The highest BCUT2D eigenvalue weighted by Gasteiger charge is 2.35. The number of pyridine rings is 1. The molecule has 0 spiro atoms. The van der Waals surface area contributed by atoms with Gasteiger partial charge < -0.3 is 19.3 Å². The van der Waals surface area contributed by atoms with Gasteiger partial charge in [0, 0.05) is 49.9 Å². The Hall–Kier alpha value is -3.50. The minimum atomic E-state index is -3.13. The molecule has 0 bridgehead atoms. The number of alkyl halides is 2. The van der Waals surface area contributed by atoms with Crippen molar-refractivity contribution in [3.05, 3.63) is 41.2 Å². The second kappa shape index (κ2) is 13.0. The number of alkyl carbamates (subject to hydrolysis) is 1. The van der Waals surface area contributed by atoms with Gasteiger partial charge in [0.2, 0.25) is 0 Å². The van der Waals surface area contributed by atoms with Crippen molar-refractivity contribution < 1.29 is 27.8 Å². The van der Waals surface area contributed by atoms with E-state index in [1.54, 1.807) is 18.0 Å². The van der Waals surface area contributed by atoms with Crippen LogP contribution in [0.15, 0.2) is 35.0 Å². The zero-order valence-electron chi connectivity index (χ0n) is 25.4. The molecule has 1 N–H and O–H groups in total. The highest BCUT2D eigenvalue weighted by atomic mass is 19.3. The van der Waals surface area contributed by atoms with Gasteiger partial charge in [0.25, 0.3) is 5.92 Å². The lowest BCUT2D eigenvalue weighted by Crippen LogP contribution is -2.55. The Labute approximate surface area is 241 Å². The average molecular weight is 576 g/mol. The Kier molecular flexibility index (Phi) is 10.1. The van der Waals surface area contributed by atoms with Crippen molar-refractivity contribution in [2.45, 2.75) is 98.3 Å². The molecular weight excluding hydrogens is 532 g/mol. The van der Waals surface area contributed by atoms with Crippen molar-refractivity contribution in [1.82, 2.24) is 15.2 Å². The van der Waals surface area contributed by atoms with E-state index in [0.717, 1.165) is 13.3 Å². The summed E-state index contributed by atoms with van der Waals surface area (Å²) in [5.41, 5.74) is 0.702. The summed E-state index contributed by atoms with van der Waals surface area (Å²) in [6.07, 6.45) is 3.72. The van der Waals surface area contributed by atoms with Crippen LogP contribution in [-0.2, 0) is 15.4 Å². The zero-order chi connectivity index (χ0) is 30.5. The minimum absolute atomic E-state index is 0.151. The molecule has 0 aromatic carbocycles. The fourth-order valence-electron chi connectivity index (χ4n) is 4.82. The van der Waals surface area contributed by atoms with Gasteiger partial charge in [-0.25, -0.2) is 28.3 Å². The molecule has 0 saturated carbocycles. The largest absolute Gasteiger partial charge is 0.444 e. The van der Waals surface area contributed by atoms with Crippen LogP contribution < -0.4 is 10.2 Å². The number of cyclic esters (lactones) is 1. The lowest BCUT2D eigenvalue weighted by molar-refractivity contribution is 0.0174. The first-order chi connectivity index (χ1) is 19.2. The quantitative estimate of drug-likeness (QED) is 0.391. The first-order valence-corrected chi connectivity index (χ1v) is 14.2. The van der Waals surface area contributed by atoms with Gasteiger partial charge in [-0.3, -0.25) is 5.32 Å². The monoisotopic (exact) mass is 575 g/mol. The number of amidine groups is 1. The summed E-state index contributed by atoms with van der Waals surface area (Å²) in [5.74, 6) is -2.42. The van der Waals surface area contributed by atoms with Crippen LogP contribution in [0.4, 0.5) is 24.2 Å². The number of rotatable bonds is 7. The van der Waals surface area contributed by atoms with E-state index in [0.29, 0.717) is 61.0 Å². The second-order valence-electron chi connectivity index (χ2n) is 11.4. The number of nitrogens with zero attached hydrogens (tertiary/aromatic N) is 4. The van der Waals surface area contributed by atoms with Crippen LogP contribution in [0.1, 0.15) is 85.9 Å². The third kappa shape index (κ3) is 8.04. The lowest BCUT2D eigenvalue weighted by Gasteiger charge is -2.42. The van der Waals surface area contributed by atoms with Crippen LogP contribution in [-0.4, -0.2) is 65.3 Å². The molecule has 2 aliphatic heterocycles. The van der Waals surface area contributed by atoms with Gasteiger partial charge in [-0.2, -0.15) is 0 Å². The zero-order valence-corrected chi connectivity index (χ0v) is 25.4. The summed E-state index contributed by atoms with van der Waals surface area (Å²) in [5, 5.41) is 2.65. The SMILES string of the molecule is CC/C=C/N=C1\NC(=O)OC(CC)\C1=C(\C)c1cc(C(C)(F)F)cc(N2CCN(C(=O)OC(C)(C)C)CC2CC)n1. The van der Waals surface area contributed by atoms with E-state index in [9.17, 15) is 18.4 Å². The van der Waals surface area contributed by atoms with Crippen LogP contribution >= 0.6 is 0 Å². The van der Waals surface area contributed by atoms with E-state index in [1.807, 2.05) is 52.5 Å². The number of carbonyl (C=O) groups is 2. The summed E-state index contributed by atoms with van der Waals surface area (Å²) >= 11 is 0. The maximum Gasteiger partial charge on any atom is 0.413 e. The van der Waals surface area contributed by atoms with Gasteiger partial charge in [-0.1, -0.05) is 26.8 Å². The maximum absolute atomic E-state index is 14.8. The molecule has 2 amide bonds. The van der Waals surface area contributed by atoms with Crippen molar-refractivity contribution in [1.29, 1.82) is 0 Å². The fraction of sp³-hybridized carbons (Fsp3) is 0.600. The van der Waals surface area contributed by atoms with Crippen LogP contribution in [0.25, 0.3) is 5.57 Å². The molecule has 2 aliphatic rings. The molecule has 41 heavy (non-hydrogen) atoms. The smallest absolute Gasteiger partial charge is 0.413 e. The highest BCUT2D eigenvalue weighted by Crippen LogP contribution is 2.35. The van der Waals surface area contributed by atoms with Gasteiger partial charge in [-0.05, 0) is 64.7 Å². The number of amides is 2. The molecule has 2 unspecified atom stereocenters. The van der Waals surface area contributed by atoms with Crippen LogP contribution in [0.5, 0.6) is 0 Å². The van der Waals surface area contributed by atoms with E-state index in [4.69, 9.17) is 14.5 Å². The van der Waals surface area contributed by atoms with Gasteiger partial charge in [0.15, 0.2) is 0 Å². The van der Waals surface area contributed by atoms with E-state index in [-0.39, 0.29) is 11.6 Å². The van der Waals surface area contributed by atoms with E-state index >= 15 is 0 Å². The molecule has 0 aliphatic carbocycles. The minimum Gasteiger partial charge on any atom is -0.444 e. The highest BCUT2D eigenvalue weighted by molar-refractivity contribution is 6.13. The van der Waals surface area contributed by atoms with Crippen LogP contribution in [0, 0.1) is 0 Å². The number of hydrogen-bond acceptors (Lipinski definition) is 7. The number of piperazine rings is 1. The third-order valence-corrected chi connectivity index (χ3v) is 6.97. The summed E-state index contributed by atoms with van der Waals surface area (Å²) < 4.78 is 40.7. The summed E-state index contributed by atoms with van der Waals surface area (Å²) in [6, 6.07) is 2.65. The molecule has 1 aromatic rings. The molecule has 2 saturated heterocycles. The number of aromatic nitrogens is 1. The molecule has 1 aromatic heterocycles. The van der Waals surface area contributed by atoms with Gasteiger partial charge in [0.05, 0.1) is 5.69 Å². The molecular formula is C30H43F2N5O4. The molecule has 226 valence electrons. The van der Waals surface area contributed by atoms with Crippen molar-refractivity contribution in [2.24, 2.45) is 4.99 Å². The number of anilines is 1. The number of hydrogen-bond donors (Lipinski definition) is 1. The molecule has 3 rings (SSSR count). The van der Waals surface area contributed by atoms with E-state index < -0.39 is 29.8 Å². The van der Waals surface area contributed by atoms with Crippen molar-refractivity contribution >= 4 is 29.4 Å². The first-order valence-electron chi connectivity index (χ1n) is 14.2. The normalized spacial score (nSPS) is 22.6. The van der Waals surface area contributed by atoms with Gasteiger partial charge in [0.1, 0.15) is 23.4 Å². The van der Waals surface area contributed by atoms with E-state index in [2.05, 4.69) is 10.3 Å². The Bertz CT molecular complexity index is 1220. The first kappa shape index (κ1) is 32.0. The molecule has 2 fully saturated rings. The Morgan fingerprint density at radius 2 is 1.90 bits per heavy atom. The Morgan fingerprint density at radius 1 is 1.20 bits per heavy atom. The molecule has 11 heteroatoms. The molecule has 3 heterocycles. The van der Waals surface area contributed by atoms with Gasteiger partial charge >= 0.3 is 12.2 Å². The number of nitrogens with one attached hydrogen (secondary N) is 1. The molecule has 9 nitrogen and oxygen atoms in total. The average Bonchev–Trinajstić information content (AvgIpc) is 2.90. The number of aliphatic imine (C=N–C) groups is 1. The Balaban J connectivity index is 2.09. The standard InChI is InChI=1S/C30H43F2N5O4/c1-9-12-13-33-26-25(23(11-3)40-27(38)35-26)19(4)22-16-20(30(8,31)32)17-24(34-22)37-15-14-36(18-21(37)10-2)28(39)41-29(5,6)7/h12-13,16-17,21,23H,9-11,14-15,18H2,1-8H3,(H,33,35,38)/b13-12+,25-19+. The van der Waals surface area contributed by atoms with E-state index in [1.165, 1.54) is 12.1 Å². The summed E-state index contributed by atoms with van der Waals surface area (Å²) in [4.78, 5) is 37.9. The van der Waals surface area contributed by atoms with Crippen LogP contribution in [0.2, 0.25) is 0 Å². The summed E-state index contributed by atoms with van der Waals surface area (Å²) in [6.45, 7) is 15.1. The number of carbonyl (C=O) groups excluding carboxylic acids is 2. The fourth-order valence-corrected chi connectivity index (χ4v) is 4.82. The lowest BCUT2D eigenvalue weighted by atomic mass is 9.95.